The number of amides is 1. The van der Waals surface area contributed by atoms with Crippen LogP contribution in [-0.2, 0) is 14.8 Å². The number of sulfonamides is 1. The van der Waals surface area contributed by atoms with Crippen LogP contribution < -0.4 is 15.0 Å². The Morgan fingerprint density at radius 3 is 2.16 bits per heavy atom. The minimum atomic E-state index is -3.87. The first-order valence-corrected chi connectivity index (χ1v) is 9.30. The molecular weight excluding hydrogens is 364 g/mol. The van der Waals surface area contributed by atoms with Crippen LogP contribution in [-0.4, -0.2) is 19.9 Å². The fourth-order valence-corrected chi connectivity index (χ4v) is 2.85. The van der Waals surface area contributed by atoms with Crippen LogP contribution in [0.4, 0.5) is 0 Å². The number of carbonyl (C=O) groups is 1. The van der Waals surface area contributed by atoms with Crippen molar-refractivity contribution in [2.75, 3.05) is 0 Å². The third-order valence-corrected chi connectivity index (χ3v) is 4.88. The van der Waals surface area contributed by atoms with E-state index in [-0.39, 0.29) is 4.90 Å². The smallest absolute Gasteiger partial charge is 0.278 e. The van der Waals surface area contributed by atoms with E-state index in [4.69, 9.17) is 16.3 Å². The summed E-state index contributed by atoms with van der Waals surface area (Å²) in [4.78, 5) is 14.4. The average Bonchev–Trinajstić information content (AvgIpc) is 2.55. The van der Waals surface area contributed by atoms with Gasteiger partial charge in [0.15, 0.2) is 5.60 Å². The largest absolute Gasteiger partial charge is 0.478 e. The topological polar surface area (TPSA) is 84.5 Å². The first kappa shape index (κ1) is 19.2. The molecule has 2 aromatic carbocycles. The van der Waals surface area contributed by atoms with E-state index in [0.29, 0.717) is 10.8 Å². The molecule has 0 spiro atoms. The Morgan fingerprint density at radius 1 is 1.04 bits per heavy atom. The van der Waals surface area contributed by atoms with E-state index < -0.39 is 21.5 Å². The van der Waals surface area contributed by atoms with Crippen LogP contribution in [0.3, 0.4) is 0 Å². The van der Waals surface area contributed by atoms with Crippen LogP contribution in [0.15, 0.2) is 53.4 Å². The molecule has 0 saturated heterocycles. The van der Waals surface area contributed by atoms with Gasteiger partial charge in [-0.2, -0.15) is 0 Å². The molecule has 0 saturated carbocycles. The molecule has 0 aliphatic carbocycles. The van der Waals surface area contributed by atoms with Crippen molar-refractivity contribution < 1.29 is 17.9 Å². The van der Waals surface area contributed by atoms with E-state index in [1.807, 2.05) is 6.92 Å². The van der Waals surface area contributed by atoms with Crippen LogP contribution in [0, 0.1) is 6.92 Å². The van der Waals surface area contributed by atoms with Crippen LogP contribution in [0.5, 0.6) is 5.75 Å². The van der Waals surface area contributed by atoms with Gasteiger partial charge in [-0.15, -0.1) is 4.83 Å². The van der Waals surface area contributed by atoms with E-state index in [1.165, 1.54) is 26.0 Å². The summed E-state index contributed by atoms with van der Waals surface area (Å²) in [7, 11) is -3.87. The molecule has 0 fully saturated rings. The lowest BCUT2D eigenvalue weighted by Crippen LogP contribution is -2.52. The second-order valence-corrected chi connectivity index (χ2v) is 8.06. The molecule has 6 nitrogen and oxygen atoms in total. The predicted octanol–water partition coefficient (Wildman–Crippen LogP) is 2.82. The fraction of sp³-hybridized carbons (Fsp3) is 0.235. The number of nitrogens with one attached hydrogen (secondary N) is 2. The Labute approximate surface area is 152 Å². The van der Waals surface area contributed by atoms with E-state index in [9.17, 15) is 13.2 Å². The minimum Gasteiger partial charge on any atom is -0.478 e. The third-order valence-electron chi connectivity index (χ3n) is 3.36. The Kier molecular flexibility index (Phi) is 5.72. The second-order valence-electron chi connectivity index (χ2n) is 5.94. The Morgan fingerprint density at radius 2 is 1.60 bits per heavy atom. The van der Waals surface area contributed by atoms with Crippen LogP contribution in [0.25, 0.3) is 0 Å². The number of hydrogen-bond acceptors (Lipinski definition) is 4. The molecule has 0 bridgehead atoms. The Balaban J connectivity index is 2.02. The van der Waals surface area contributed by atoms with Gasteiger partial charge in [0.1, 0.15) is 5.75 Å². The van der Waals surface area contributed by atoms with Gasteiger partial charge in [-0.3, -0.25) is 10.2 Å². The number of carbonyl (C=O) groups excluding carboxylic acids is 1. The summed E-state index contributed by atoms with van der Waals surface area (Å²) in [5.74, 6) is -0.205. The normalized spacial score (nSPS) is 11.8. The molecular formula is C17H19ClN2O4S. The van der Waals surface area contributed by atoms with E-state index in [0.717, 1.165) is 5.56 Å². The predicted molar refractivity (Wildman–Crippen MR) is 95.8 cm³/mol. The summed E-state index contributed by atoms with van der Waals surface area (Å²) >= 11 is 5.80. The Bertz CT molecular complexity index is 847. The van der Waals surface area contributed by atoms with Crippen molar-refractivity contribution in [2.24, 2.45) is 0 Å². The molecule has 2 aromatic rings. The molecule has 2 N–H and O–H groups in total. The van der Waals surface area contributed by atoms with Gasteiger partial charge >= 0.3 is 0 Å². The summed E-state index contributed by atoms with van der Waals surface area (Å²) in [6, 6.07) is 12.8. The molecule has 0 aliphatic rings. The molecule has 2 rings (SSSR count). The minimum absolute atomic E-state index is 0.0508. The van der Waals surface area contributed by atoms with Gasteiger partial charge in [-0.05, 0) is 57.2 Å². The molecule has 0 radical (unpaired) electrons. The number of ether oxygens (including phenoxy) is 1. The zero-order valence-corrected chi connectivity index (χ0v) is 15.6. The maximum Gasteiger partial charge on any atom is 0.278 e. The highest BCUT2D eigenvalue weighted by molar-refractivity contribution is 7.89. The summed E-state index contributed by atoms with van der Waals surface area (Å²) in [6.45, 7) is 4.90. The van der Waals surface area contributed by atoms with E-state index >= 15 is 0 Å². The molecule has 8 heteroatoms. The molecule has 0 heterocycles. The maximum absolute atomic E-state index is 12.3. The van der Waals surface area contributed by atoms with Gasteiger partial charge < -0.3 is 4.74 Å². The lowest BCUT2D eigenvalue weighted by Gasteiger charge is -2.25. The van der Waals surface area contributed by atoms with Gasteiger partial charge in [0, 0.05) is 5.02 Å². The van der Waals surface area contributed by atoms with Crippen LogP contribution >= 0.6 is 11.6 Å². The van der Waals surface area contributed by atoms with Crippen LogP contribution in [0.1, 0.15) is 19.4 Å². The van der Waals surface area contributed by atoms with E-state index in [1.54, 1.807) is 36.4 Å². The van der Waals surface area contributed by atoms with Crippen molar-refractivity contribution in [3.05, 3.63) is 59.1 Å². The third kappa shape index (κ3) is 5.19. The zero-order chi connectivity index (χ0) is 18.7. The average molecular weight is 383 g/mol. The molecule has 0 atom stereocenters. The van der Waals surface area contributed by atoms with Crippen molar-refractivity contribution in [2.45, 2.75) is 31.3 Å². The molecule has 1 amide bonds. The van der Waals surface area contributed by atoms with Crippen molar-refractivity contribution >= 4 is 27.5 Å². The summed E-state index contributed by atoms with van der Waals surface area (Å²) in [6.07, 6.45) is 0. The lowest BCUT2D eigenvalue weighted by molar-refractivity contribution is -0.134. The standard InChI is InChI=1S/C17H19ClN2O4S/c1-12-4-10-15(11-5-12)25(22,23)20-19-16(21)17(2,3)24-14-8-6-13(18)7-9-14/h4-11,20H,1-3H3,(H,19,21). The summed E-state index contributed by atoms with van der Waals surface area (Å²) < 4.78 is 30.0. The number of rotatable bonds is 6. The first-order chi connectivity index (χ1) is 11.6. The van der Waals surface area contributed by atoms with Gasteiger partial charge in [-0.1, -0.05) is 29.3 Å². The monoisotopic (exact) mass is 382 g/mol. The number of hydrazine groups is 1. The van der Waals surface area contributed by atoms with Gasteiger partial charge in [-0.25, -0.2) is 8.42 Å². The lowest BCUT2D eigenvalue weighted by atomic mass is 10.1. The molecule has 0 aromatic heterocycles. The summed E-state index contributed by atoms with van der Waals surface area (Å²) in [5.41, 5.74) is 1.81. The maximum atomic E-state index is 12.3. The Hall–Kier alpha value is -2.09. The molecule has 0 unspecified atom stereocenters. The van der Waals surface area contributed by atoms with Gasteiger partial charge in [0.05, 0.1) is 4.90 Å². The quantitative estimate of drug-likeness (QED) is 0.752. The van der Waals surface area contributed by atoms with Crippen molar-refractivity contribution in [3.8, 4) is 5.75 Å². The number of hydrogen-bond donors (Lipinski definition) is 2. The fourth-order valence-electron chi connectivity index (χ4n) is 1.88. The first-order valence-electron chi connectivity index (χ1n) is 7.44. The molecule has 134 valence electrons. The second kappa shape index (κ2) is 7.43. The van der Waals surface area contributed by atoms with Crippen LogP contribution in [0.2, 0.25) is 5.02 Å². The van der Waals surface area contributed by atoms with Gasteiger partial charge in [0.25, 0.3) is 15.9 Å². The summed E-state index contributed by atoms with van der Waals surface area (Å²) in [5, 5.41) is 0.542. The van der Waals surface area contributed by atoms with Crippen molar-refractivity contribution in [1.29, 1.82) is 0 Å². The van der Waals surface area contributed by atoms with Gasteiger partial charge in [0.2, 0.25) is 0 Å². The highest BCUT2D eigenvalue weighted by atomic mass is 35.5. The number of benzene rings is 2. The van der Waals surface area contributed by atoms with Crippen molar-refractivity contribution in [1.82, 2.24) is 10.3 Å². The van der Waals surface area contributed by atoms with Crippen molar-refractivity contribution in [3.63, 3.8) is 0 Å². The molecule has 0 aliphatic heterocycles. The number of aryl methyl sites for hydroxylation is 1. The zero-order valence-electron chi connectivity index (χ0n) is 14.0. The number of halogens is 1. The highest BCUT2D eigenvalue weighted by Crippen LogP contribution is 2.21. The highest BCUT2D eigenvalue weighted by Gasteiger charge is 2.31. The molecule has 25 heavy (non-hydrogen) atoms. The SMILES string of the molecule is Cc1ccc(S(=O)(=O)NNC(=O)C(C)(C)Oc2ccc(Cl)cc2)cc1. The van der Waals surface area contributed by atoms with E-state index in [2.05, 4.69) is 10.3 Å².